The lowest BCUT2D eigenvalue weighted by Gasteiger charge is -2.25. The molecule has 1 atom stereocenters. The number of amides is 4. The first-order valence-electron chi connectivity index (χ1n) is 10.9. The van der Waals surface area contributed by atoms with Gasteiger partial charge in [-0.1, -0.05) is 30.3 Å². The van der Waals surface area contributed by atoms with E-state index < -0.39 is 11.6 Å². The van der Waals surface area contributed by atoms with E-state index in [4.69, 9.17) is 9.47 Å². The summed E-state index contributed by atoms with van der Waals surface area (Å²) < 4.78 is 11.2. The fourth-order valence-corrected chi connectivity index (χ4v) is 4.75. The molecule has 2 aromatic rings. The number of likely N-dealkylation sites (N-methyl/N-ethyl adjacent to an activating group) is 1. The maximum absolute atomic E-state index is 13.3. The molecule has 1 saturated heterocycles. The maximum Gasteiger partial charge on any atom is 0.325 e. The summed E-state index contributed by atoms with van der Waals surface area (Å²) in [6.07, 6.45) is 1.23. The number of hydrogen-bond acceptors (Lipinski definition) is 5. The molecule has 1 aliphatic carbocycles. The van der Waals surface area contributed by atoms with E-state index in [1.165, 1.54) is 0 Å². The lowest BCUT2D eigenvalue weighted by Crippen LogP contribution is -2.44. The van der Waals surface area contributed by atoms with Gasteiger partial charge in [-0.25, -0.2) is 4.79 Å². The van der Waals surface area contributed by atoms with Gasteiger partial charge in [0.25, 0.3) is 5.91 Å². The summed E-state index contributed by atoms with van der Waals surface area (Å²) in [4.78, 5) is 41.8. The number of aryl methyl sites for hydroxylation is 1. The number of carbonyl (C=O) groups excluding carboxylic acids is 3. The van der Waals surface area contributed by atoms with Gasteiger partial charge in [0.1, 0.15) is 25.3 Å². The van der Waals surface area contributed by atoms with Crippen molar-refractivity contribution in [2.75, 3.05) is 26.3 Å². The summed E-state index contributed by atoms with van der Waals surface area (Å²) in [6, 6.07) is 12.7. The molecule has 166 valence electrons. The molecule has 1 N–H and O–H groups in total. The van der Waals surface area contributed by atoms with Gasteiger partial charge in [-0.3, -0.25) is 14.5 Å². The van der Waals surface area contributed by atoms with E-state index in [9.17, 15) is 14.4 Å². The van der Waals surface area contributed by atoms with Crippen LogP contribution >= 0.6 is 0 Å². The molecule has 0 bridgehead atoms. The summed E-state index contributed by atoms with van der Waals surface area (Å²) >= 11 is 0. The molecule has 1 spiro atoms. The SMILES string of the molecule is CCN(Cc1ccc2c(c1)OCCO2)C(=O)CN1C(=O)N[C@]2(CCc3ccccc32)C1=O. The highest BCUT2D eigenvalue weighted by atomic mass is 16.6. The number of benzene rings is 2. The zero-order valence-corrected chi connectivity index (χ0v) is 17.9. The molecule has 2 aromatic carbocycles. The first-order valence-corrected chi connectivity index (χ1v) is 10.9. The smallest absolute Gasteiger partial charge is 0.325 e. The van der Waals surface area contributed by atoms with Crippen molar-refractivity contribution in [3.63, 3.8) is 0 Å². The maximum atomic E-state index is 13.3. The number of nitrogens with one attached hydrogen (secondary N) is 1. The number of carbonyl (C=O) groups is 3. The van der Waals surface area contributed by atoms with Crippen molar-refractivity contribution < 1.29 is 23.9 Å². The van der Waals surface area contributed by atoms with E-state index >= 15 is 0 Å². The molecule has 4 amide bonds. The van der Waals surface area contributed by atoms with E-state index in [-0.39, 0.29) is 18.4 Å². The van der Waals surface area contributed by atoms with Crippen LogP contribution < -0.4 is 14.8 Å². The minimum absolute atomic E-state index is 0.283. The largest absolute Gasteiger partial charge is 0.486 e. The molecule has 0 unspecified atom stereocenters. The fourth-order valence-electron chi connectivity index (χ4n) is 4.75. The first kappa shape index (κ1) is 20.4. The molecule has 2 heterocycles. The Kier molecular flexibility index (Phi) is 5.00. The molecule has 0 radical (unpaired) electrons. The van der Waals surface area contributed by atoms with Gasteiger partial charge < -0.3 is 19.7 Å². The van der Waals surface area contributed by atoms with Crippen LogP contribution in [0.3, 0.4) is 0 Å². The fraction of sp³-hybridized carbons (Fsp3) is 0.375. The van der Waals surface area contributed by atoms with Gasteiger partial charge in [0, 0.05) is 13.1 Å². The van der Waals surface area contributed by atoms with Gasteiger partial charge in [0.05, 0.1) is 0 Å². The van der Waals surface area contributed by atoms with Crippen molar-refractivity contribution in [1.82, 2.24) is 15.1 Å². The summed E-state index contributed by atoms with van der Waals surface area (Å²) in [5.74, 6) is 0.717. The van der Waals surface area contributed by atoms with Gasteiger partial charge in [-0.2, -0.15) is 0 Å². The standard InChI is InChI=1S/C24H25N3O5/c1-2-26(14-16-7-8-19-20(13-16)32-12-11-31-19)21(28)15-27-22(29)24(25-23(27)30)10-9-17-5-3-4-6-18(17)24/h3-8,13H,2,9-12,14-15H2,1H3,(H,25,30)/t24-/m0/s1. The third kappa shape index (κ3) is 3.26. The van der Waals surface area contributed by atoms with Crippen molar-refractivity contribution in [1.29, 1.82) is 0 Å². The molecule has 2 aliphatic heterocycles. The Balaban J connectivity index is 1.31. The van der Waals surface area contributed by atoms with Gasteiger partial charge in [0.2, 0.25) is 5.91 Å². The summed E-state index contributed by atoms with van der Waals surface area (Å²) in [5, 5.41) is 2.87. The molecular formula is C24H25N3O5. The lowest BCUT2D eigenvalue weighted by atomic mass is 9.92. The predicted molar refractivity (Wildman–Crippen MR) is 115 cm³/mol. The zero-order chi connectivity index (χ0) is 22.3. The van der Waals surface area contributed by atoms with E-state index in [1.807, 2.05) is 49.4 Å². The van der Waals surface area contributed by atoms with Crippen LogP contribution in [0.4, 0.5) is 4.79 Å². The molecule has 1 fully saturated rings. The van der Waals surface area contributed by atoms with Gasteiger partial charge in [-0.15, -0.1) is 0 Å². The number of rotatable bonds is 5. The average molecular weight is 435 g/mol. The van der Waals surface area contributed by atoms with Crippen molar-refractivity contribution in [2.45, 2.75) is 31.8 Å². The highest BCUT2D eigenvalue weighted by Crippen LogP contribution is 2.41. The van der Waals surface area contributed by atoms with Crippen LogP contribution in [0.15, 0.2) is 42.5 Å². The van der Waals surface area contributed by atoms with E-state index in [1.54, 1.807) is 4.90 Å². The Morgan fingerprint density at radius 1 is 1.12 bits per heavy atom. The van der Waals surface area contributed by atoms with Crippen molar-refractivity contribution in [3.05, 3.63) is 59.2 Å². The first-order chi connectivity index (χ1) is 15.5. The minimum atomic E-state index is -1.05. The molecule has 8 nitrogen and oxygen atoms in total. The normalized spacial score (nSPS) is 21.0. The lowest BCUT2D eigenvalue weighted by molar-refractivity contribution is -0.139. The molecule has 8 heteroatoms. The zero-order valence-electron chi connectivity index (χ0n) is 17.9. The van der Waals surface area contributed by atoms with Crippen LogP contribution in [-0.4, -0.2) is 53.9 Å². The number of urea groups is 1. The van der Waals surface area contributed by atoms with Gasteiger partial charge in [-0.05, 0) is 48.6 Å². The Labute approximate surface area is 186 Å². The number of fused-ring (bicyclic) bond motifs is 3. The Bertz CT molecular complexity index is 1100. The number of ether oxygens (including phenoxy) is 2. The second-order valence-corrected chi connectivity index (χ2v) is 8.27. The highest BCUT2D eigenvalue weighted by molar-refractivity contribution is 6.09. The number of nitrogens with zero attached hydrogens (tertiary/aromatic N) is 2. The van der Waals surface area contributed by atoms with Crippen molar-refractivity contribution in [3.8, 4) is 11.5 Å². The van der Waals surface area contributed by atoms with E-state index in [0.717, 1.165) is 28.0 Å². The van der Waals surface area contributed by atoms with Gasteiger partial charge >= 0.3 is 6.03 Å². The molecule has 32 heavy (non-hydrogen) atoms. The summed E-state index contributed by atoms with van der Waals surface area (Å²) in [6.45, 7) is 3.39. The quantitative estimate of drug-likeness (QED) is 0.728. The number of hydrogen-bond donors (Lipinski definition) is 1. The van der Waals surface area contributed by atoms with Crippen LogP contribution in [0, 0.1) is 0 Å². The molecule has 0 saturated carbocycles. The van der Waals surface area contributed by atoms with Gasteiger partial charge in [0.15, 0.2) is 11.5 Å². The second-order valence-electron chi connectivity index (χ2n) is 8.27. The van der Waals surface area contributed by atoms with E-state index in [0.29, 0.717) is 44.2 Å². The predicted octanol–water partition coefficient (Wildman–Crippen LogP) is 2.20. The third-order valence-electron chi connectivity index (χ3n) is 6.43. The second kappa shape index (κ2) is 7.85. The van der Waals surface area contributed by atoms with Crippen molar-refractivity contribution >= 4 is 17.8 Å². The third-order valence-corrected chi connectivity index (χ3v) is 6.43. The van der Waals surface area contributed by atoms with Crippen LogP contribution in [0.2, 0.25) is 0 Å². The summed E-state index contributed by atoms with van der Waals surface area (Å²) in [7, 11) is 0. The molecule has 5 rings (SSSR count). The Morgan fingerprint density at radius 2 is 1.91 bits per heavy atom. The number of imide groups is 1. The highest BCUT2D eigenvalue weighted by Gasteiger charge is 2.55. The topological polar surface area (TPSA) is 88.2 Å². The molecular weight excluding hydrogens is 410 g/mol. The van der Waals surface area contributed by atoms with E-state index in [2.05, 4.69) is 5.32 Å². The van der Waals surface area contributed by atoms with Crippen LogP contribution in [-0.2, 0) is 28.1 Å². The van der Waals surface area contributed by atoms with Crippen LogP contribution in [0.25, 0.3) is 0 Å². The summed E-state index contributed by atoms with van der Waals surface area (Å²) in [5.41, 5.74) is 1.73. The Hall–Kier alpha value is -3.55. The average Bonchev–Trinajstić information content (AvgIpc) is 3.30. The molecule has 3 aliphatic rings. The minimum Gasteiger partial charge on any atom is -0.486 e. The van der Waals surface area contributed by atoms with Crippen LogP contribution in [0.1, 0.15) is 30.0 Å². The molecule has 0 aromatic heterocycles. The van der Waals surface area contributed by atoms with Crippen molar-refractivity contribution in [2.24, 2.45) is 0 Å². The monoisotopic (exact) mass is 435 g/mol. The van der Waals surface area contributed by atoms with Crippen LogP contribution in [0.5, 0.6) is 11.5 Å². The Morgan fingerprint density at radius 3 is 2.72 bits per heavy atom.